The Kier molecular flexibility index (Phi) is 6.67. The standard InChI is InChI=1S/C21H31FN4O2/c1-5-7-18(25-9-8-23-12-14(3)13-25)20-24-17-11-16(22)19(28-4)10-15(17)21(27)26(20)6-2/h10-11,14,18,23H,5-9,12-13H2,1-4H3/t14-,18-/m1/s1. The summed E-state index contributed by atoms with van der Waals surface area (Å²) < 4.78 is 21.1. The van der Waals surface area contributed by atoms with Gasteiger partial charge in [-0.2, -0.15) is 0 Å². The van der Waals surface area contributed by atoms with E-state index in [0.29, 0.717) is 23.4 Å². The number of fused-ring (bicyclic) bond motifs is 1. The quantitative estimate of drug-likeness (QED) is 0.822. The summed E-state index contributed by atoms with van der Waals surface area (Å²) in [6.07, 6.45) is 1.89. The maximum absolute atomic E-state index is 14.3. The van der Waals surface area contributed by atoms with Gasteiger partial charge in [-0.25, -0.2) is 9.37 Å². The molecule has 154 valence electrons. The fourth-order valence-corrected chi connectivity index (χ4v) is 4.12. The molecule has 0 unspecified atom stereocenters. The molecular formula is C21H31FN4O2. The average molecular weight is 391 g/mol. The number of aromatic nitrogens is 2. The van der Waals surface area contributed by atoms with Crippen LogP contribution in [0.2, 0.25) is 0 Å². The van der Waals surface area contributed by atoms with Crippen LogP contribution >= 0.6 is 0 Å². The third-order valence-corrected chi connectivity index (χ3v) is 5.49. The van der Waals surface area contributed by atoms with Crippen molar-refractivity contribution in [1.82, 2.24) is 19.8 Å². The maximum atomic E-state index is 14.3. The number of methoxy groups -OCH3 is 1. The lowest BCUT2D eigenvalue weighted by Gasteiger charge is -2.32. The van der Waals surface area contributed by atoms with Crippen LogP contribution in [0.4, 0.5) is 4.39 Å². The molecule has 2 aromatic rings. The van der Waals surface area contributed by atoms with Gasteiger partial charge >= 0.3 is 0 Å². The molecule has 0 saturated carbocycles. The number of rotatable bonds is 6. The van der Waals surface area contributed by atoms with Gasteiger partial charge in [0, 0.05) is 32.2 Å². The van der Waals surface area contributed by atoms with E-state index in [-0.39, 0.29) is 17.4 Å². The third-order valence-electron chi connectivity index (χ3n) is 5.49. The molecular weight excluding hydrogens is 359 g/mol. The molecule has 0 amide bonds. The Morgan fingerprint density at radius 2 is 2.18 bits per heavy atom. The molecule has 1 fully saturated rings. The number of ether oxygens (including phenoxy) is 1. The zero-order valence-electron chi connectivity index (χ0n) is 17.3. The molecule has 1 aliphatic rings. The van der Waals surface area contributed by atoms with Gasteiger partial charge in [0.1, 0.15) is 5.82 Å². The van der Waals surface area contributed by atoms with Crippen molar-refractivity contribution in [3.8, 4) is 5.75 Å². The molecule has 0 aliphatic carbocycles. The minimum absolute atomic E-state index is 0.0366. The van der Waals surface area contributed by atoms with Crippen LogP contribution in [-0.2, 0) is 6.54 Å². The van der Waals surface area contributed by atoms with Crippen molar-refractivity contribution in [2.75, 3.05) is 33.3 Å². The summed E-state index contributed by atoms with van der Waals surface area (Å²) in [5.74, 6) is 0.826. The second-order valence-corrected chi connectivity index (χ2v) is 7.63. The predicted molar refractivity (Wildman–Crippen MR) is 109 cm³/mol. The first-order valence-electron chi connectivity index (χ1n) is 10.2. The van der Waals surface area contributed by atoms with E-state index < -0.39 is 5.82 Å². The Hall–Kier alpha value is -1.99. The summed E-state index contributed by atoms with van der Waals surface area (Å²) in [6.45, 7) is 10.6. The number of hydrogen-bond donors (Lipinski definition) is 1. The number of nitrogens with zero attached hydrogens (tertiary/aromatic N) is 3. The highest BCUT2D eigenvalue weighted by Crippen LogP contribution is 2.28. The van der Waals surface area contributed by atoms with Crippen LogP contribution in [0.5, 0.6) is 5.75 Å². The van der Waals surface area contributed by atoms with E-state index in [1.54, 1.807) is 4.57 Å². The molecule has 0 spiro atoms. The summed E-state index contributed by atoms with van der Waals surface area (Å²) in [4.78, 5) is 20.4. The van der Waals surface area contributed by atoms with Crippen molar-refractivity contribution < 1.29 is 9.13 Å². The highest BCUT2D eigenvalue weighted by Gasteiger charge is 2.27. The van der Waals surface area contributed by atoms with Crippen molar-refractivity contribution in [2.24, 2.45) is 5.92 Å². The molecule has 3 rings (SSSR count). The van der Waals surface area contributed by atoms with Crippen molar-refractivity contribution >= 4 is 10.9 Å². The first-order valence-corrected chi connectivity index (χ1v) is 10.2. The van der Waals surface area contributed by atoms with Crippen LogP contribution < -0.4 is 15.6 Å². The predicted octanol–water partition coefficient (Wildman–Crippen LogP) is 2.95. The fraction of sp³-hybridized carbons (Fsp3) is 0.619. The normalized spacial score (nSPS) is 19.5. The molecule has 1 saturated heterocycles. The number of halogens is 1. The summed E-state index contributed by atoms with van der Waals surface area (Å²) >= 11 is 0. The molecule has 1 aliphatic heterocycles. The number of hydrogen-bond acceptors (Lipinski definition) is 5. The van der Waals surface area contributed by atoms with Crippen LogP contribution in [0.3, 0.4) is 0 Å². The maximum Gasteiger partial charge on any atom is 0.261 e. The van der Waals surface area contributed by atoms with Crippen LogP contribution in [0.15, 0.2) is 16.9 Å². The van der Waals surface area contributed by atoms with E-state index in [1.165, 1.54) is 19.2 Å². The lowest BCUT2D eigenvalue weighted by atomic mass is 10.1. The molecule has 28 heavy (non-hydrogen) atoms. The van der Waals surface area contributed by atoms with Crippen LogP contribution in [0, 0.1) is 11.7 Å². The Balaban J connectivity index is 2.16. The van der Waals surface area contributed by atoms with Gasteiger partial charge in [0.05, 0.1) is 24.1 Å². The smallest absolute Gasteiger partial charge is 0.261 e. The first-order chi connectivity index (χ1) is 13.5. The number of nitrogens with one attached hydrogen (secondary N) is 1. The Labute approximate surface area is 165 Å². The molecule has 7 heteroatoms. The molecule has 1 N–H and O–H groups in total. The van der Waals surface area contributed by atoms with E-state index in [1.807, 2.05) is 6.92 Å². The fourth-order valence-electron chi connectivity index (χ4n) is 4.12. The SMILES string of the molecule is CCC[C@H](c1nc2cc(F)c(OC)cc2c(=O)n1CC)N1CCNC[C@@H](C)C1. The molecule has 0 radical (unpaired) electrons. The van der Waals surface area contributed by atoms with Gasteiger partial charge in [0.25, 0.3) is 5.56 Å². The Morgan fingerprint density at radius 3 is 2.86 bits per heavy atom. The minimum atomic E-state index is -0.498. The van der Waals surface area contributed by atoms with Crippen molar-refractivity contribution in [2.45, 2.75) is 46.2 Å². The summed E-state index contributed by atoms with van der Waals surface area (Å²) in [7, 11) is 1.40. The van der Waals surface area contributed by atoms with Gasteiger partial charge in [-0.05, 0) is 31.9 Å². The topological polar surface area (TPSA) is 59.4 Å². The van der Waals surface area contributed by atoms with Gasteiger partial charge < -0.3 is 10.1 Å². The second kappa shape index (κ2) is 9.01. The van der Waals surface area contributed by atoms with Crippen LogP contribution in [0.25, 0.3) is 10.9 Å². The minimum Gasteiger partial charge on any atom is -0.494 e. The first kappa shape index (κ1) is 20.7. The van der Waals surface area contributed by atoms with E-state index in [2.05, 4.69) is 24.1 Å². The van der Waals surface area contributed by atoms with E-state index in [0.717, 1.165) is 44.8 Å². The van der Waals surface area contributed by atoms with E-state index in [9.17, 15) is 9.18 Å². The summed E-state index contributed by atoms with van der Waals surface area (Å²) in [5.41, 5.74) is 0.257. The summed E-state index contributed by atoms with van der Waals surface area (Å²) in [5, 5.41) is 3.86. The van der Waals surface area contributed by atoms with E-state index in [4.69, 9.17) is 9.72 Å². The lowest BCUT2D eigenvalue weighted by Crippen LogP contribution is -2.38. The van der Waals surface area contributed by atoms with Gasteiger partial charge in [-0.1, -0.05) is 20.3 Å². The monoisotopic (exact) mass is 390 g/mol. The molecule has 2 heterocycles. The van der Waals surface area contributed by atoms with Gasteiger partial charge in [0.2, 0.25) is 0 Å². The third kappa shape index (κ3) is 4.05. The molecule has 1 aromatic carbocycles. The largest absolute Gasteiger partial charge is 0.494 e. The van der Waals surface area contributed by atoms with Gasteiger partial charge in [-0.15, -0.1) is 0 Å². The second-order valence-electron chi connectivity index (χ2n) is 7.63. The molecule has 0 bridgehead atoms. The lowest BCUT2D eigenvalue weighted by molar-refractivity contribution is 0.169. The van der Waals surface area contributed by atoms with Crippen molar-refractivity contribution in [3.63, 3.8) is 0 Å². The highest BCUT2D eigenvalue weighted by atomic mass is 19.1. The zero-order chi connectivity index (χ0) is 20.3. The van der Waals surface area contributed by atoms with Crippen LogP contribution in [0.1, 0.15) is 45.5 Å². The summed E-state index contributed by atoms with van der Waals surface area (Å²) in [6, 6.07) is 2.81. The van der Waals surface area contributed by atoms with Crippen LogP contribution in [-0.4, -0.2) is 47.7 Å². The molecule has 1 aromatic heterocycles. The van der Waals surface area contributed by atoms with Crippen molar-refractivity contribution in [3.05, 3.63) is 34.1 Å². The highest BCUT2D eigenvalue weighted by molar-refractivity contribution is 5.79. The zero-order valence-corrected chi connectivity index (χ0v) is 17.3. The molecule has 6 nitrogen and oxygen atoms in total. The molecule has 2 atom stereocenters. The van der Waals surface area contributed by atoms with Crippen molar-refractivity contribution in [1.29, 1.82) is 0 Å². The average Bonchev–Trinajstić information content (AvgIpc) is 2.90. The van der Waals surface area contributed by atoms with Gasteiger partial charge in [0.15, 0.2) is 11.6 Å². The Morgan fingerprint density at radius 1 is 1.39 bits per heavy atom. The van der Waals surface area contributed by atoms with E-state index >= 15 is 0 Å². The van der Waals surface area contributed by atoms with Gasteiger partial charge in [-0.3, -0.25) is 14.3 Å². The Bertz CT molecular complexity index is 883. The number of benzene rings is 1.